The van der Waals surface area contributed by atoms with Crippen molar-refractivity contribution >= 4 is 40.0 Å². The number of rotatable bonds is 5. The summed E-state index contributed by atoms with van der Waals surface area (Å²) in [4.78, 5) is 16.4. The highest BCUT2D eigenvalue weighted by Crippen LogP contribution is 2.36. The Hall–Kier alpha value is -3.70. The van der Waals surface area contributed by atoms with Gasteiger partial charge in [0.05, 0.1) is 11.1 Å². The molecule has 146 valence electrons. The number of halogens is 1. The van der Waals surface area contributed by atoms with E-state index >= 15 is 0 Å². The maximum atomic E-state index is 11.9. The second-order valence-corrected chi connectivity index (χ2v) is 6.65. The Bertz CT molecular complexity index is 1110. The number of urea groups is 1. The first-order valence-electron chi connectivity index (χ1n) is 8.81. The number of benzene rings is 2. The van der Waals surface area contributed by atoms with Crippen LogP contribution in [-0.4, -0.2) is 30.9 Å². The number of pyridine rings is 1. The topological polar surface area (TPSA) is 108 Å². The van der Waals surface area contributed by atoms with Gasteiger partial charge in [-0.2, -0.15) is 5.26 Å². The second-order valence-electron chi connectivity index (χ2n) is 6.21. The summed E-state index contributed by atoms with van der Waals surface area (Å²) in [5.41, 5.74) is 1.73. The first kappa shape index (κ1) is 18.7. The molecule has 9 heteroatoms. The van der Waals surface area contributed by atoms with Crippen LogP contribution in [0.3, 0.4) is 0 Å². The van der Waals surface area contributed by atoms with Crippen LogP contribution >= 0.6 is 11.6 Å². The number of fused-ring (bicyclic) bond motifs is 2. The predicted molar refractivity (Wildman–Crippen MR) is 110 cm³/mol. The van der Waals surface area contributed by atoms with Crippen molar-refractivity contribution in [2.75, 3.05) is 30.5 Å². The van der Waals surface area contributed by atoms with Crippen LogP contribution in [0.1, 0.15) is 5.56 Å². The van der Waals surface area contributed by atoms with Crippen molar-refractivity contribution < 1.29 is 14.3 Å². The summed E-state index contributed by atoms with van der Waals surface area (Å²) in [6.45, 7) is 0.905. The predicted octanol–water partition coefficient (Wildman–Crippen LogP) is 3.72. The summed E-state index contributed by atoms with van der Waals surface area (Å²) < 4.78 is 10.7. The van der Waals surface area contributed by atoms with Gasteiger partial charge in [-0.15, -0.1) is 0 Å². The number of amides is 2. The Morgan fingerprint density at radius 2 is 1.90 bits per heavy atom. The van der Waals surface area contributed by atoms with Crippen molar-refractivity contribution in [1.82, 2.24) is 10.3 Å². The normalized spacial score (nSPS) is 11.7. The van der Waals surface area contributed by atoms with Gasteiger partial charge in [0, 0.05) is 35.3 Å². The minimum atomic E-state index is -0.339. The average Bonchev–Trinajstić information content (AvgIpc) is 3.17. The molecule has 0 atom stereocenters. The van der Waals surface area contributed by atoms with E-state index in [0.29, 0.717) is 52.2 Å². The van der Waals surface area contributed by atoms with Gasteiger partial charge in [-0.3, -0.25) is 0 Å². The zero-order valence-electron chi connectivity index (χ0n) is 15.2. The van der Waals surface area contributed by atoms with E-state index in [4.69, 9.17) is 21.1 Å². The number of nitrogens with zero attached hydrogens (tertiary/aromatic N) is 2. The van der Waals surface area contributed by atoms with Crippen LogP contribution in [0.5, 0.6) is 11.5 Å². The lowest BCUT2D eigenvalue weighted by Gasteiger charge is -2.11. The molecular weight excluding hydrogens is 394 g/mol. The highest BCUT2D eigenvalue weighted by molar-refractivity contribution is 6.30. The van der Waals surface area contributed by atoms with Gasteiger partial charge in [-0.1, -0.05) is 11.6 Å². The summed E-state index contributed by atoms with van der Waals surface area (Å²) >= 11 is 5.82. The minimum absolute atomic E-state index is 0.172. The van der Waals surface area contributed by atoms with Crippen LogP contribution in [-0.2, 0) is 0 Å². The molecule has 29 heavy (non-hydrogen) atoms. The Labute approximate surface area is 171 Å². The number of ether oxygens (including phenoxy) is 2. The smallest absolute Gasteiger partial charge is 0.319 e. The van der Waals surface area contributed by atoms with Crippen molar-refractivity contribution in [3.8, 4) is 17.6 Å². The van der Waals surface area contributed by atoms with Crippen molar-refractivity contribution in [3.63, 3.8) is 0 Å². The summed E-state index contributed by atoms with van der Waals surface area (Å²) in [5, 5.41) is 19.3. The van der Waals surface area contributed by atoms with Crippen LogP contribution in [0.15, 0.2) is 42.5 Å². The fourth-order valence-electron chi connectivity index (χ4n) is 2.85. The average molecular weight is 410 g/mol. The lowest BCUT2D eigenvalue weighted by Crippen LogP contribution is -2.32. The fourth-order valence-corrected chi connectivity index (χ4v) is 2.98. The molecule has 2 aromatic carbocycles. The summed E-state index contributed by atoms with van der Waals surface area (Å²) in [6, 6.07) is 13.9. The molecule has 0 aliphatic carbocycles. The Balaban J connectivity index is 1.36. The molecule has 0 unspecified atom stereocenters. The Morgan fingerprint density at radius 3 is 2.66 bits per heavy atom. The molecule has 0 bridgehead atoms. The van der Waals surface area contributed by atoms with Gasteiger partial charge < -0.3 is 25.4 Å². The summed E-state index contributed by atoms with van der Waals surface area (Å²) in [7, 11) is 0. The van der Waals surface area contributed by atoms with E-state index in [1.165, 1.54) is 0 Å². The molecule has 2 heterocycles. The highest BCUT2D eigenvalue weighted by atomic mass is 35.5. The lowest BCUT2D eigenvalue weighted by atomic mass is 10.1. The number of hydrogen-bond donors (Lipinski definition) is 3. The number of nitriles is 1. The number of hydrogen-bond acceptors (Lipinski definition) is 6. The number of nitrogens with one attached hydrogen (secondary N) is 3. The highest BCUT2D eigenvalue weighted by Gasteiger charge is 2.16. The minimum Gasteiger partial charge on any atom is -0.454 e. The summed E-state index contributed by atoms with van der Waals surface area (Å²) in [6.07, 6.45) is 0. The van der Waals surface area contributed by atoms with Crippen molar-refractivity contribution in [1.29, 1.82) is 5.26 Å². The standard InChI is InChI=1S/C20H16ClN5O3/c21-14-1-3-15(4-2-14)25-20(27)24-6-5-23-19-13(10-22)7-12-8-17-18(29-11-28-17)9-16(12)26-19/h1-4,7-9H,5-6,11H2,(H,23,26)(H2,24,25,27). The van der Waals surface area contributed by atoms with Crippen LogP contribution in [0.2, 0.25) is 5.02 Å². The van der Waals surface area contributed by atoms with Crippen LogP contribution < -0.4 is 25.4 Å². The van der Waals surface area contributed by atoms with E-state index < -0.39 is 0 Å². The molecule has 4 rings (SSSR count). The number of aromatic nitrogens is 1. The maximum absolute atomic E-state index is 11.9. The van der Waals surface area contributed by atoms with Crippen molar-refractivity contribution in [2.45, 2.75) is 0 Å². The molecule has 0 saturated carbocycles. The summed E-state index contributed by atoms with van der Waals surface area (Å²) in [5.74, 6) is 1.71. The van der Waals surface area contributed by atoms with Gasteiger partial charge in [0.15, 0.2) is 11.5 Å². The third-order valence-electron chi connectivity index (χ3n) is 4.23. The number of anilines is 2. The number of carbonyl (C=O) groups excluding carboxylic acids is 1. The van der Waals surface area contributed by atoms with E-state index in [1.54, 1.807) is 42.5 Å². The molecule has 1 aliphatic heterocycles. The van der Waals surface area contributed by atoms with Gasteiger partial charge >= 0.3 is 6.03 Å². The van der Waals surface area contributed by atoms with E-state index in [2.05, 4.69) is 27.0 Å². The molecule has 1 aromatic heterocycles. The molecule has 0 saturated heterocycles. The zero-order chi connectivity index (χ0) is 20.2. The van der Waals surface area contributed by atoms with Gasteiger partial charge in [0.2, 0.25) is 6.79 Å². The number of carbonyl (C=O) groups is 1. The van der Waals surface area contributed by atoms with Gasteiger partial charge in [0.1, 0.15) is 11.9 Å². The monoisotopic (exact) mass is 409 g/mol. The molecule has 0 fully saturated rings. The molecule has 3 N–H and O–H groups in total. The van der Waals surface area contributed by atoms with Crippen LogP contribution in [0.25, 0.3) is 10.9 Å². The van der Waals surface area contributed by atoms with Crippen LogP contribution in [0, 0.1) is 11.3 Å². The van der Waals surface area contributed by atoms with E-state index in [9.17, 15) is 10.1 Å². The van der Waals surface area contributed by atoms with Gasteiger partial charge in [0.25, 0.3) is 0 Å². The third kappa shape index (κ3) is 4.25. The molecule has 2 amide bonds. The Kier molecular flexibility index (Phi) is 5.22. The lowest BCUT2D eigenvalue weighted by molar-refractivity contribution is 0.174. The Morgan fingerprint density at radius 1 is 1.14 bits per heavy atom. The van der Waals surface area contributed by atoms with E-state index in [1.807, 2.05) is 0 Å². The van der Waals surface area contributed by atoms with Gasteiger partial charge in [-0.05, 0) is 36.4 Å². The van der Waals surface area contributed by atoms with E-state index in [0.717, 1.165) is 5.39 Å². The third-order valence-corrected chi connectivity index (χ3v) is 4.49. The second kappa shape index (κ2) is 8.12. The first-order valence-corrected chi connectivity index (χ1v) is 9.19. The zero-order valence-corrected chi connectivity index (χ0v) is 15.9. The first-order chi connectivity index (χ1) is 14.1. The molecule has 0 radical (unpaired) electrons. The van der Waals surface area contributed by atoms with Crippen molar-refractivity contribution in [2.24, 2.45) is 0 Å². The SMILES string of the molecule is N#Cc1cc2cc3c(cc2nc1NCCNC(=O)Nc1ccc(Cl)cc1)OCO3. The maximum Gasteiger partial charge on any atom is 0.319 e. The van der Waals surface area contributed by atoms with Crippen molar-refractivity contribution in [3.05, 3.63) is 53.1 Å². The van der Waals surface area contributed by atoms with Crippen LogP contribution in [0.4, 0.5) is 16.3 Å². The van der Waals surface area contributed by atoms with E-state index in [-0.39, 0.29) is 12.8 Å². The largest absolute Gasteiger partial charge is 0.454 e. The molecular formula is C20H16ClN5O3. The molecule has 8 nitrogen and oxygen atoms in total. The molecule has 0 spiro atoms. The quantitative estimate of drug-likeness (QED) is 0.554. The molecule has 1 aliphatic rings. The fraction of sp³-hybridized carbons (Fsp3) is 0.150. The van der Waals surface area contributed by atoms with Gasteiger partial charge in [-0.25, -0.2) is 9.78 Å². The molecule has 3 aromatic rings.